The van der Waals surface area contributed by atoms with Crippen molar-refractivity contribution in [3.8, 4) is 17.5 Å². The number of aliphatic hydroxyl groups is 1. The number of pyridine rings is 2. The molecule has 8 heteroatoms. The molecule has 1 aliphatic heterocycles. The Morgan fingerprint density at radius 3 is 3.15 bits per heavy atom. The fraction of sp³-hybridized carbons (Fsp3) is 0.368. The van der Waals surface area contributed by atoms with Crippen LogP contribution < -0.4 is 4.90 Å². The maximum absolute atomic E-state index is 14.5. The van der Waals surface area contributed by atoms with E-state index in [4.69, 9.17) is 5.26 Å². The van der Waals surface area contributed by atoms with Gasteiger partial charge in [0.25, 0.3) is 0 Å². The van der Waals surface area contributed by atoms with Crippen LogP contribution in [0.2, 0.25) is 0 Å². The first-order valence-electron chi connectivity index (χ1n) is 8.93. The van der Waals surface area contributed by atoms with Gasteiger partial charge in [0.2, 0.25) is 0 Å². The second kappa shape index (κ2) is 7.29. The van der Waals surface area contributed by atoms with Gasteiger partial charge in [-0.3, -0.25) is 5.10 Å². The third-order valence-electron chi connectivity index (χ3n) is 5.04. The Labute approximate surface area is 158 Å². The van der Waals surface area contributed by atoms with Crippen LogP contribution in [0.15, 0.2) is 30.5 Å². The molecule has 0 aliphatic carbocycles. The molecule has 0 amide bonds. The van der Waals surface area contributed by atoms with Gasteiger partial charge in [-0.05, 0) is 37.1 Å². The number of fused-ring (bicyclic) bond motifs is 1. The molecule has 2 unspecified atom stereocenters. The lowest BCUT2D eigenvalue weighted by molar-refractivity contribution is 0.0840. The average molecular weight is 370 g/mol. The highest BCUT2D eigenvalue weighted by atomic mass is 19.1. The summed E-state index contributed by atoms with van der Waals surface area (Å²) in [6, 6.07) is 8.77. The van der Waals surface area contributed by atoms with Gasteiger partial charge in [0.1, 0.15) is 11.5 Å². The van der Waals surface area contributed by atoms with Gasteiger partial charge in [-0.1, -0.05) is 0 Å². The zero-order chi connectivity index (χ0) is 18.8. The Bertz CT molecular complexity index is 1010. The lowest BCUT2D eigenvalue weighted by Crippen LogP contribution is -2.43. The molecular weight excluding hydrogens is 347 g/mol. The smallest absolute Gasteiger partial charge is 0.181 e. The van der Waals surface area contributed by atoms with E-state index in [2.05, 4.69) is 26.2 Å². The SMILES string of the molecule is N#CCCC1CN(c2ccc(F)c(-c3[nH]nc4ncccc34)n2)CCC1O.[HH].[HH]. The minimum atomic E-state index is -0.439. The van der Waals surface area contributed by atoms with Crippen molar-refractivity contribution in [2.24, 2.45) is 5.92 Å². The highest BCUT2D eigenvalue weighted by molar-refractivity contribution is 5.89. The van der Waals surface area contributed by atoms with Crippen LogP contribution in [0.1, 0.15) is 22.1 Å². The minimum Gasteiger partial charge on any atom is -0.393 e. The Morgan fingerprint density at radius 1 is 1.41 bits per heavy atom. The van der Waals surface area contributed by atoms with Crippen LogP contribution in [-0.4, -0.2) is 44.5 Å². The molecule has 1 fully saturated rings. The van der Waals surface area contributed by atoms with Crippen molar-refractivity contribution < 1.29 is 12.4 Å². The number of aliphatic hydroxyl groups excluding tert-OH is 1. The average Bonchev–Trinajstić information content (AvgIpc) is 3.12. The number of piperidine rings is 1. The third-order valence-corrected chi connectivity index (χ3v) is 5.04. The molecule has 27 heavy (non-hydrogen) atoms. The van der Waals surface area contributed by atoms with E-state index < -0.39 is 11.9 Å². The standard InChI is InChI=1S/C19H19FN6O.2H2/c20-14-5-6-16(26-10-7-15(27)12(11-26)3-1-8-21)23-18(14)17-13-4-2-9-22-19(13)25-24-17;;/h2,4-6,9,12,15,27H,1,3,7,10-11H2,(H,22,24,25);2*1H. The predicted octanol–water partition coefficient (Wildman–Crippen LogP) is 3.14. The second-order valence-electron chi connectivity index (χ2n) is 6.73. The third kappa shape index (κ3) is 3.34. The molecular formula is C19H23FN6O. The maximum atomic E-state index is 14.5. The highest BCUT2D eigenvalue weighted by Crippen LogP contribution is 2.30. The first kappa shape index (κ1) is 17.4. The number of halogens is 1. The molecule has 142 valence electrons. The molecule has 1 saturated heterocycles. The van der Waals surface area contributed by atoms with E-state index in [-0.39, 0.29) is 14.5 Å². The van der Waals surface area contributed by atoms with Crippen LogP contribution in [0, 0.1) is 23.1 Å². The van der Waals surface area contributed by atoms with Crippen LogP contribution in [0.3, 0.4) is 0 Å². The first-order chi connectivity index (χ1) is 13.2. The Hall–Kier alpha value is -3.05. The molecule has 0 radical (unpaired) electrons. The molecule has 4 rings (SSSR count). The van der Waals surface area contributed by atoms with E-state index >= 15 is 0 Å². The topological polar surface area (TPSA) is 102 Å². The van der Waals surface area contributed by atoms with Crippen molar-refractivity contribution in [3.05, 3.63) is 36.3 Å². The summed E-state index contributed by atoms with van der Waals surface area (Å²) in [7, 11) is 0. The second-order valence-corrected chi connectivity index (χ2v) is 6.73. The zero-order valence-electron chi connectivity index (χ0n) is 14.6. The number of hydrogen-bond acceptors (Lipinski definition) is 6. The van der Waals surface area contributed by atoms with Crippen molar-refractivity contribution in [1.82, 2.24) is 20.2 Å². The van der Waals surface area contributed by atoms with Crippen molar-refractivity contribution in [2.45, 2.75) is 25.4 Å². The zero-order valence-corrected chi connectivity index (χ0v) is 14.6. The fourth-order valence-corrected chi connectivity index (χ4v) is 3.58. The summed E-state index contributed by atoms with van der Waals surface area (Å²) >= 11 is 0. The first-order valence-corrected chi connectivity index (χ1v) is 8.93. The fourth-order valence-electron chi connectivity index (χ4n) is 3.58. The number of aromatic nitrogens is 4. The lowest BCUT2D eigenvalue weighted by atomic mass is 9.90. The van der Waals surface area contributed by atoms with E-state index in [9.17, 15) is 9.50 Å². The van der Waals surface area contributed by atoms with E-state index in [0.717, 1.165) is 0 Å². The number of nitrogens with one attached hydrogen (secondary N) is 1. The summed E-state index contributed by atoms with van der Waals surface area (Å²) < 4.78 is 14.5. The minimum absolute atomic E-state index is 0. The van der Waals surface area contributed by atoms with Gasteiger partial charge in [0.15, 0.2) is 11.5 Å². The molecule has 2 N–H and O–H groups in total. The Kier molecular flexibility index (Phi) is 4.69. The number of aromatic amines is 1. The molecule has 2 atom stereocenters. The van der Waals surface area contributed by atoms with Gasteiger partial charge in [-0.15, -0.1) is 0 Å². The lowest BCUT2D eigenvalue weighted by Gasteiger charge is -2.36. The Balaban J connectivity index is 0.00000150. The molecule has 1 aliphatic rings. The van der Waals surface area contributed by atoms with E-state index in [1.165, 1.54) is 6.07 Å². The van der Waals surface area contributed by atoms with Crippen LogP contribution in [0.5, 0.6) is 0 Å². The van der Waals surface area contributed by atoms with E-state index in [1.807, 2.05) is 11.0 Å². The van der Waals surface area contributed by atoms with Gasteiger partial charge in [0.05, 0.1) is 17.9 Å². The summed E-state index contributed by atoms with van der Waals surface area (Å²) in [5.74, 6) is 0.212. The number of hydrogen-bond donors (Lipinski definition) is 2. The molecule has 0 bridgehead atoms. The largest absolute Gasteiger partial charge is 0.393 e. The van der Waals surface area contributed by atoms with Crippen LogP contribution in [-0.2, 0) is 0 Å². The normalized spacial score (nSPS) is 20.0. The quantitative estimate of drug-likeness (QED) is 0.731. The number of nitrogens with zero attached hydrogens (tertiary/aromatic N) is 5. The molecule has 7 nitrogen and oxygen atoms in total. The number of H-pyrrole nitrogens is 1. The van der Waals surface area contributed by atoms with Gasteiger partial charge in [-0.25, -0.2) is 14.4 Å². The summed E-state index contributed by atoms with van der Waals surface area (Å²) in [6.07, 6.45) is 2.86. The van der Waals surface area contributed by atoms with Gasteiger partial charge in [0, 0.05) is 39.9 Å². The summed E-state index contributed by atoms with van der Waals surface area (Å²) in [5.41, 5.74) is 1.20. The van der Waals surface area contributed by atoms with Crippen LogP contribution in [0.4, 0.5) is 10.2 Å². The van der Waals surface area contributed by atoms with E-state index in [1.54, 1.807) is 18.3 Å². The molecule has 4 heterocycles. The maximum Gasteiger partial charge on any atom is 0.181 e. The van der Waals surface area contributed by atoms with Gasteiger partial charge >= 0.3 is 0 Å². The van der Waals surface area contributed by atoms with E-state index in [0.29, 0.717) is 54.9 Å². The highest BCUT2D eigenvalue weighted by Gasteiger charge is 2.28. The summed E-state index contributed by atoms with van der Waals surface area (Å²) in [5, 5.41) is 26.7. The monoisotopic (exact) mass is 370 g/mol. The van der Waals surface area contributed by atoms with Gasteiger partial charge < -0.3 is 10.0 Å². The molecule has 0 aromatic carbocycles. The van der Waals surface area contributed by atoms with Crippen LogP contribution >= 0.6 is 0 Å². The summed E-state index contributed by atoms with van der Waals surface area (Å²) in [6.45, 7) is 1.22. The molecule has 0 spiro atoms. The van der Waals surface area contributed by atoms with Crippen LogP contribution in [0.25, 0.3) is 22.4 Å². The summed E-state index contributed by atoms with van der Waals surface area (Å²) in [4.78, 5) is 10.7. The number of rotatable bonds is 4. The van der Waals surface area contributed by atoms with Crippen molar-refractivity contribution in [3.63, 3.8) is 0 Å². The molecule has 0 saturated carbocycles. The number of nitriles is 1. The van der Waals surface area contributed by atoms with Crippen molar-refractivity contribution in [2.75, 3.05) is 18.0 Å². The molecule has 3 aromatic rings. The van der Waals surface area contributed by atoms with Crippen molar-refractivity contribution >= 4 is 16.9 Å². The number of anilines is 1. The predicted molar refractivity (Wildman–Crippen MR) is 102 cm³/mol. The van der Waals surface area contributed by atoms with Gasteiger partial charge in [-0.2, -0.15) is 10.4 Å². The molecule has 3 aromatic heterocycles. The van der Waals surface area contributed by atoms with Crippen molar-refractivity contribution in [1.29, 1.82) is 5.26 Å². The Morgan fingerprint density at radius 2 is 2.30 bits per heavy atom.